The predicted molar refractivity (Wildman–Crippen MR) is 43.6 cm³/mol. The zero-order valence-electron chi connectivity index (χ0n) is 4.61. The minimum atomic E-state index is 0.653. The third kappa shape index (κ3) is 2.06. The van der Waals surface area contributed by atoms with Crippen molar-refractivity contribution in [2.24, 2.45) is 0 Å². The first kappa shape index (κ1) is 7.07. The van der Waals surface area contributed by atoms with E-state index in [1.54, 1.807) is 0 Å². The van der Waals surface area contributed by atoms with Crippen LogP contribution in [0.3, 0.4) is 0 Å². The fourth-order valence-corrected chi connectivity index (χ4v) is 2.80. The van der Waals surface area contributed by atoms with Crippen molar-refractivity contribution >= 4 is 31.9 Å². The SMILES string of the molecule is BrC1[CH]CCC(Br)C1. The molecule has 2 heteroatoms. The van der Waals surface area contributed by atoms with Gasteiger partial charge in [0, 0.05) is 9.65 Å². The van der Waals surface area contributed by atoms with Crippen LogP contribution in [0.4, 0.5) is 0 Å². The van der Waals surface area contributed by atoms with E-state index < -0.39 is 0 Å². The lowest BCUT2D eigenvalue weighted by atomic mass is 10.0. The number of hydrogen-bond acceptors (Lipinski definition) is 0. The first-order valence-corrected chi connectivity index (χ1v) is 4.73. The van der Waals surface area contributed by atoms with Gasteiger partial charge in [-0.2, -0.15) is 0 Å². The van der Waals surface area contributed by atoms with Crippen LogP contribution in [0.1, 0.15) is 19.3 Å². The lowest BCUT2D eigenvalue weighted by Gasteiger charge is -2.19. The molecule has 0 amide bonds. The molecule has 1 saturated carbocycles. The molecule has 0 aromatic heterocycles. The molecule has 2 atom stereocenters. The van der Waals surface area contributed by atoms with E-state index in [0.717, 1.165) is 4.83 Å². The third-order valence-electron chi connectivity index (χ3n) is 1.38. The summed E-state index contributed by atoms with van der Waals surface area (Å²) >= 11 is 7.12. The van der Waals surface area contributed by atoms with Crippen LogP contribution in [-0.4, -0.2) is 9.65 Å². The Labute approximate surface area is 67.3 Å². The van der Waals surface area contributed by atoms with Crippen LogP contribution in [0.2, 0.25) is 0 Å². The van der Waals surface area contributed by atoms with Crippen LogP contribution in [0, 0.1) is 6.42 Å². The summed E-state index contributed by atoms with van der Waals surface area (Å²) in [4.78, 5) is 1.40. The molecule has 0 bridgehead atoms. The Morgan fingerprint density at radius 3 is 2.50 bits per heavy atom. The first-order valence-electron chi connectivity index (χ1n) is 2.90. The van der Waals surface area contributed by atoms with Crippen LogP contribution in [0.15, 0.2) is 0 Å². The van der Waals surface area contributed by atoms with E-state index in [4.69, 9.17) is 0 Å². The van der Waals surface area contributed by atoms with Gasteiger partial charge >= 0.3 is 0 Å². The summed E-state index contributed by atoms with van der Waals surface area (Å²) in [6.45, 7) is 0. The van der Waals surface area contributed by atoms with Crippen LogP contribution in [-0.2, 0) is 0 Å². The molecule has 2 unspecified atom stereocenters. The van der Waals surface area contributed by atoms with Crippen LogP contribution in [0.5, 0.6) is 0 Å². The van der Waals surface area contributed by atoms with Gasteiger partial charge in [-0.3, -0.25) is 0 Å². The molecular formula is C6H9Br2. The van der Waals surface area contributed by atoms with Gasteiger partial charge in [-0.05, 0) is 25.7 Å². The molecule has 0 saturated heterocycles. The van der Waals surface area contributed by atoms with Gasteiger partial charge in [0.05, 0.1) is 0 Å². The Kier molecular flexibility index (Phi) is 2.84. The number of hydrogen-bond donors (Lipinski definition) is 0. The van der Waals surface area contributed by atoms with Crippen molar-refractivity contribution in [3.8, 4) is 0 Å². The summed E-state index contributed by atoms with van der Waals surface area (Å²) in [5.74, 6) is 0. The maximum atomic E-state index is 3.58. The minimum Gasteiger partial charge on any atom is -0.0890 e. The van der Waals surface area contributed by atoms with E-state index in [-0.39, 0.29) is 0 Å². The van der Waals surface area contributed by atoms with Crippen LogP contribution in [0.25, 0.3) is 0 Å². The van der Waals surface area contributed by atoms with Gasteiger partial charge in [0.15, 0.2) is 0 Å². The lowest BCUT2D eigenvalue weighted by Crippen LogP contribution is -2.14. The molecule has 1 fully saturated rings. The Morgan fingerprint density at radius 2 is 2.12 bits per heavy atom. The maximum absolute atomic E-state index is 3.58. The van der Waals surface area contributed by atoms with Gasteiger partial charge in [-0.25, -0.2) is 0 Å². The van der Waals surface area contributed by atoms with Gasteiger partial charge in [-0.15, -0.1) is 0 Å². The average Bonchev–Trinajstić information content (AvgIpc) is 1.64. The van der Waals surface area contributed by atoms with E-state index in [9.17, 15) is 0 Å². The van der Waals surface area contributed by atoms with Crippen molar-refractivity contribution in [3.05, 3.63) is 6.42 Å². The molecule has 1 aliphatic rings. The summed E-state index contributed by atoms with van der Waals surface area (Å²) in [5.41, 5.74) is 0. The second-order valence-corrected chi connectivity index (χ2v) is 4.63. The second-order valence-electron chi connectivity index (χ2n) is 2.16. The predicted octanol–water partition coefficient (Wildman–Crippen LogP) is 2.90. The average molecular weight is 241 g/mol. The van der Waals surface area contributed by atoms with Crippen molar-refractivity contribution in [3.63, 3.8) is 0 Å². The molecule has 0 aromatic rings. The van der Waals surface area contributed by atoms with E-state index in [1.165, 1.54) is 19.3 Å². The van der Waals surface area contributed by atoms with Gasteiger partial charge in [-0.1, -0.05) is 31.9 Å². The normalized spacial score (nSPS) is 39.8. The van der Waals surface area contributed by atoms with E-state index in [2.05, 4.69) is 38.3 Å². The third-order valence-corrected chi connectivity index (χ3v) is 2.96. The molecule has 0 heterocycles. The molecule has 0 aromatic carbocycles. The first-order chi connectivity index (χ1) is 3.79. The topological polar surface area (TPSA) is 0 Å². The van der Waals surface area contributed by atoms with Crippen molar-refractivity contribution in [2.45, 2.75) is 28.9 Å². The van der Waals surface area contributed by atoms with E-state index in [1.807, 2.05) is 0 Å². The fourth-order valence-electron chi connectivity index (χ4n) is 0.916. The number of rotatable bonds is 0. The molecule has 1 rings (SSSR count). The van der Waals surface area contributed by atoms with Crippen molar-refractivity contribution < 1.29 is 0 Å². The monoisotopic (exact) mass is 239 g/mol. The second kappa shape index (κ2) is 3.21. The van der Waals surface area contributed by atoms with Crippen molar-refractivity contribution in [1.29, 1.82) is 0 Å². The molecular weight excluding hydrogens is 232 g/mol. The molecule has 1 aliphatic carbocycles. The molecule has 0 N–H and O–H groups in total. The Bertz CT molecular complexity index is 64.9. The Morgan fingerprint density at radius 1 is 1.38 bits per heavy atom. The lowest BCUT2D eigenvalue weighted by molar-refractivity contribution is 0.631. The Hall–Kier alpha value is 0.960. The largest absolute Gasteiger partial charge is 0.0890 e. The van der Waals surface area contributed by atoms with Gasteiger partial charge in [0.25, 0.3) is 0 Å². The number of alkyl halides is 2. The highest BCUT2D eigenvalue weighted by Gasteiger charge is 2.16. The van der Waals surface area contributed by atoms with Crippen molar-refractivity contribution in [2.75, 3.05) is 0 Å². The zero-order valence-corrected chi connectivity index (χ0v) is 7.78. The molecule has 8 heavy (non-hydrogen) atoms. The smallest absolute Gasteiger partial charge is 0.0187 e. The maximum Gasteiger partial charge on any atom is 0.0187 e. The van der Waals surface area contributed by atoms with E-state index >= 15 is 0 Å². The summed E-state index contributed by atoms with van der Waals surface area (Å²) < 4.78 is 0. The van der Waals surface area contributed by atoms with Crippen molar-refractivity contribution in [1.82, 2.24) is 0 Å². The van der Waals surface area contributed by atoms with Gasteiger partial charge in [0.2, 0.25) is 0 Å². The molecule has 0 aliphatic heterocycles. The zero-order chi connectivity index (χ0) is 5.98. The minimum absolute atomic E-state index is 0.653. The summed E-state index contributed by atoms with van der Waals surface area (Å²) in [5, 5.41) is 0. The highest BCUT2D eigenvalue weighted by atomic mass is 79.9. The molecule has 0 spiro atoms. The molecule has 0 nitrogen and oxygen atoms in total. The standard InChI is InChI=1S/C6H9Br2/c7-5-2-1-3-6(8)4-5/h2,5-6H,1,3-4H2. The summed E-state index contributed by atoms with van der Waals surface area (Å²) in [6, 6.07) is 0. The number of halogens is 2. The van der Waals surface area contributed by atoms with Crippen LogP contribution < -0.4 is 0 Å². The van der Waals surface area contributed by atoms with E-state index in [0.29, 0.717) is 4.83 Å². The Balaban J connectivity index is 2.23. The highest BCUT2D eigenvalue weighted by Crippen LogP contribution is 2.27. The molecule has 47 valence electrons. The highest BCUT2D eigenvalue weighted by molar-refractivity contribution is 9.10. The van der Waals surface area contributed by atoms with Crippen LogP contribution >= 0.6 is 31.9 Å². The molecule has 1 radical (unpaired) electrons. The quantitative estimate of drug-likeness (QED) is 0.572. The van der Waals surface area contributed by atoms with Gasteiger partial charge < -0.3 is 0 Å². The van der Waals surface area contributed by atoms with Gasteiger partial charge in [0.1, 0.15) is 0 Å². The summed E-state index contributed by atoms with van der Waals surface area (Å²) in [7, 11) is 0. The fraction of sp³-hybridized carbons (Fsp3) is 0.833. The summed E-state index contributed by atoms with van der Waals surface area (Å²) in [6.07, 6.45) is 6.14.